The number of fused-ring (bicyclic) bond motifs is 1. The maximum Gasteiger partial charge on any atom is 0.268 e. The van der Waals surface area contributed by atoms with E-state index in [-0.39, 0.29) is 22.5 Å². The Balaban J connectivity index is 1.86. The molecule has 2 aromatic carbocycles. The standard InChI is InChI=1S/C22H21FN2O4S/c23-15-9-11-16(12-10-15)24-30(28,29)22-19(25-13-5-1-2-6-14-25)20(26)17-7-3-4-8-18(17)21(22)27/h3-4,7-12,24H,1-2,5-6,13-14H2. The number of likely N-dealkylation sites (tertiary alicyclic amines) is 1. The maximum atomic E-state index is 13.3. The van der Waals surface area contributed by atoms with Gasteiger partial charge in [0.05, 0.1) is 0 Å². The minimum atomic E-state index is -4.39. The average molecular weight is 428 g/mol. The largest absolute Gasteiger partial charge is 0.367 e. The second kappa shape index (κ2) is 8.02. The summed E-state index contributed by atoms with van der Waals surface area (Å²) in [4.78, 5) is 27.8. The van der Waals surface area contributed by atoms with Crippen molar-refractivity contribution in [2.45, 2.75) is 25.7 Å². The number of ketones is 2. The highest BCUT2D eigenvalue weighted by atomic mass is 32.2. The molecule has 0 bridgehead atoms. The molecule has 2 aliphatic rings. The number of allylic oxidation sites excluding steroid dienone is 2. The van der Waals surface area contributed by atoms with E-state index in [2.05, 4.69) is 4.72 Å². The van der Waals surface area contributed by atoms with Gasteiger partial charge in [0.15, 0.2) is 4.91 Å². The van der Waals surface area contributed by atoms with Crippen molar-refractivity contribution in [3.05, 3.63) is 76.1 Å². The van der Waals surface area contributed by atoms with Gasteiger partial charge in [-0.2, -0.15) is 0 Å². The molecule has 6 nitrogen and oxygen atoms in total. The molecule has 2 aromatic rings. The van der Waals surface area contributed by atoms with E-state index >= 15 is 0 Å². The van der Waals surface area contributed by atoms with Gasteiger partial charge in [-0.3, -0.25) is 14.3 Å². The van der Waals surface area contributed by atoms with Crippen LogP contribution in [0, 0.1) is 5.82 Å². The molecule has 1 aliphatic heterocycles. The van der Waals surface area contributed by atoms with Gasteiger partial charge in [-0.05, 0) is 37.1 Å². The van der Waals surface area contributed by atoms with E-state index in [1.165, 1.54) is 18.2 Å². The van der Waals surface area contributed by atoms with Crippen LogP contribution in [0.15, 0.2) is 59.1 Å². The van der Waals surface area contributed by atoms with Crippen LogP contribution in [-0.4, -0.2) is 38.0 Å². The zero-order valence-electron chi connectivity index (χ0n) is 16.2. The third kappa shape index (κ3) is 3.75. The predicted octanol–water partition coefficient (Wildman–Crippen LogP) is 3.73. The van der Waals surface area contributed by atoms with E-state index in [1.807, 2.05) is 0 Å². The first-order valence-corrected chi connectivity index (χ1v) is 11.3. The van der Waals surface area contributed by atoms with Gasteiger partial charge < -0.3 is 4.90 Å². The molecule has 8 heteroatoms. The molecule has 0 aromatic heterocycles. The van der Waals surface area contributed by atoms with Crippen molar-refractivity contribution in [1.29, 1.82) is 0 Å². The second-order valence-electron chi connectivity index (χ2n) is 7.40. The lowest BCUT2D eigenvalue weighted by atomic mass is 9.91. The molecule has 1 aliphatic carbocycles. The Morgan fingerprint density at radius 2 is 1.37 bits per heavy atom. The highest BCUT2D eigenvalue weighted by molar-refractivity contribution is 7.97. The molecule has 0 spiro atoms. The number of nitrogens with zero attached hydrogens (tertiary/aromatic N) is 1. The molecule has 0 atom stereocenters. The second-order valence-corrected chi connectivity index (χ2v) is 9.01. The highest BCUT2D eigenvalue weighted by Crippen LogP contribution is 2.33. The van der Waals surface area contributed by atoms with Crippen molar-refractivity contribution in [2.24, 2.45) is 0 Å². The predicted molar refractivity (Wildman–Crippen MR) is 111 cm³/mol. The van der Waals surface area contributed by atoms with Gasteiger partial charge in [0, 0.05) is 29.9 Å². The minimum absolute atomic E-state index is 0.0700. The summed E-state index contributed by atoms with van der Waals surface area (Å²) in [5.41, 5.74) is 0.316. The Morgan fingerprint density at radius 3 is 1.97 bits per heavy atom. The van der Waals surface area contributed by atoms with Gasteiger partial charge in [0.1, 0.15) is 11.5 Å². The number of rotatable bonds is 4. The molecule has 4 rings (SSSR count). The fourth-order valence-electron chi connectivity index (χ4n) is 3.89. The Labute approximate surface area is 174 Å². The average Bonchev–Trinajstić information content (AvgIpc) is 3.01. The lowest BCUT2D eigenvalue weighted by molar-refractivity contribution is 0.0947. The van der Waals surface area contributed by atoms with Crippen molar-refractivity contribution in [3.63, 3.8) is 0 Å². The van der Waals surface area contributed by atoms with Crippen LogP contribution in [0.25, 0.3) is 0 Å². The van der Waals surface area contributed by atoms with Crippen LogP contribution >= 0.6 is 0 Å². The van der Waals surface area contributed by atoms with Gasteiger partial charge in [-0.1, -0.05) is 37.1 Å². The van der Waals surface area contributed by atoms with Crippen molar-refractivity contribution < 1.29 is 22.4 Å². The van der Waals surface area contributed by atoms with E-state index in [0.717, 1.165) is 37.8 Å². The van der Waals surface area contributed by atoms with Crippen LogP contribution in [0.5, 0.6) is 0 Å². The number of sulfonamides is 1. The van der Waals surface area contributed by atoms with Gasteiger partial charge in [0.25, 0.3) is 10.0 Å². The van der Waals surface area contributed by atoms with E-state index < -0.39 is 32.3 Å². The Kier molecular flexibility index (Phi) is 5.42. The molecular weight excluding hydrogens is 407 g/mol. The molecule has 1 N–H and O–H groups in total. The number of anilines is 1. The van der Waals surface area contributed by atoms with Crippen LogP contribution in [0.4, 0.5) is 10.1 Å². The Hall–Kier alpha value is -3.00. The van der Waals surface area contributed by atoms with E-state index in [1.54, 1.807) is 23.1 Å². The molecule has 1 fully saturated rings. The van der Waals surface area contributed by atoms with E-state index in [0.29, 0.717) is 13.1 Å². The Morgan fingerprint density at radius 1 is 0.800 bits per heavy atom. The van der Waals surface area contributed by atoms with Crippen LogP contribution in [0.2, 0.25) is 0 Å². The van der Waals surface area contributed by atoms with Crippen molar-refractivity contribution >= 4 is 27.3 Å². The van der Waals surface area contributed by atoms with E-state index in [4.69, 9.17) is 0 Å². The zero-order valence-corrected chi connectivity index (χ0v) is 17.0. The number of carbonyl (C=O) groups is 2. The molecule has 1 saturated heterocycles. The summed E-state index contributed by atoms with van der Waals surface area (Å²) in [5.74, 6) is -1.69. The van der Waals surface area contributed by atoms with Crippen molar-refractivity contribution in [2.75, 3.05) is 17.8 Å². The summed E-state index contributed by atoms with van der Waals surface area (Å²) in [6, 6.07) is 11.0. The monoisotopic (exact) mass is 428 g/mol. The van der Waals surface area contributed by atoms with Crippen molar-refractivity contribution in [1.82, 2.24) is 4.90 Å². The molecule has 1 heterocycles. The number of hydrogen-bond acceptors (Lipinski definition) is 5. The topological polar surface area (TPSA) is 83.6 Å². The summed E-state index contributed by atoms with van der Waals surface area (Å²) in [6.07, 6.45) is 3.59. The summed E-state index contributed by atoms with van der Waals surface area (Å²) in [6.45, 7) is 1.01. The minimum Gasteiger partial charge on any atom is -0.367 e. The molecule has 30 heavy (non-hydrogen) atoms. The van der Waals surface area contributed by atoms with E-state index in [9.17, 15) is 22.4 Å². The number of benzene rings is 2. The highest BCUT2D eigenvalue weighted by Gasteiger charge is 2.41. The zero-order chi connectivity index (χ0) is 21.3. The number of halogens is 1. The smallest absolute Gasteiger partial charge is 0.268 e. The third-order valence-electron chi connectivity index (χ3n) is 5.34. The summed E-state index contributed by atoms with van der Waals surface area (Å²) in [7, 11) is -4.39. The van der Waals surface area contributed by atoms with Crippen LogP contribution < -0.4 is 4.72 Å². The maximum absolute atomic E-state index is 13.3. The molecular formula is C22H21FN2O4S. The van der Waals surface area contributed by atoms with Crippen molar-refractivity contribution in [3.8, 4) is 0 Å². The lowest BCUT2D eigenvalue weighted by Gasteiger charge is -2.30. The van der Waals surface area contributed by atoms with Crippen LogP contribution in [-0.2, 0) is 10.0 Å². The van der Waals surface area contributed by atoms with Gasteiger partial charge in [-0.15, -0.1) is 0 Å². The lowest BCUT2D eigenvalue weighted by Crippen LogP contribution is -2.38. The summed E-state index contributed by atoms with van der Waals surface area (Å²) >= 11 is 0. The number of Topliss-reactive ketones (excluding diaryl/α,β-unsaturated/α-hetero) is 2. The molecule has 0 amide bonds. The van der Waals surface area contributed by atoms with Gasteiger partial charge in [0.2, 0.25) is 11.6 Å². The quantitative estimate of drug-likeness (QED) is 0.802. The molecule has 0 unspecified atom stereocenters. The first kappa shape index (κ1) is 20.3. The third-order valence-corrected chi connectivity index (χ3v) is 6.76. The summed E-state index contributed by atoms with van der Waals surface area (Å²) < 4.78 is 42.1. The normalized spacial score (nSPS) is 17.6. The molecule has 156 valence electrons. The Bertz CT molecular complexity index is 1130. The molecule has 0 radical (unpaired) electrons. The number of carbonyl (C=O) groups excluding carboxylic acids is 2. The fraction of sp³-hybridized carbons (Fsp3) is 0.273. The number of nitrogens with one attached hydrogen (secondary N) is 1. The van der Waals surface area contributed by atoms with Gasteiger partial charge in [-0.25, -0.2) is 12.8 Å². The summed E-state index contributed by atoms with van der Waals surface area (Å²) in [5, 5.41) is 0. The molecule has 0 saturated carbocycles. The SMILES string of the molecule is O=C1C(N2CCCCCC2)=C(S(=O)(=O)Nc2ccc(F)cc2)C(=O)c2ccccc21. The van der Waals surface area contributed by atoms with Crippen LogP contribution in [0.1, 0.15) is 46.4 Å². The first-order valence-electron chi connectivity index (χ1n) is 9.84. The van der Waals surface area contributed by atoms with Gasteiger partial charge >= 0.3 is 0 Å². The first-order chi connectivity index (χ1) is 14.4. The van der Waals surface area contributed by atoms with Crippen LogP contribution in [0.3, 0.4) is 0 Å². The fourth-order valence-corrected chi connectivity index (χ4v) is 5.27. The number of hydrogen-bond donors (Lipinski definition) is 1.